The first-order valence-corrected chi connectivity index (χ1v) is 9.45. The Kier molecular flexibility index (Phi) is 9.73. The summed E-state index contributed by atoms with van der Waals surface area (Å²) in [6.45, 7) is 4.92. The number of carbonyl (C=O) groups is 1. The molecule has 0 aliphatic heterocycles. The van der Waals surface area contributed by atoms with Gasteiger partial charge >= 0.3 is 5.97 Å². The minimum Gasteiger partial charge on any atom is -0.478 e. The Bertz CT molecular complexity index is 806. The van der Waals surface area contributed by atoms with E-state index in [9.17, 15) is 4.79 Å². The van der Waals surface area contributed by atoms with E-state index >= 15 is 0 Å². The zero-order valence-corrected chi connectivity index (χ0v) is 16.8. The fraction of sp³-hybridized carbons (Fsp3) is 0.348. The largest absolute Gasteiger partial charge is 0.478 e. The third-order valence-corrected chi connectivity index (χ3v) is 3.95. The van der Waals surface area contributed by atoms with Gasteiger partial charge in [-0.05, 0) is 55.5 Å². The van der Waals surface area contributed by atoms with Crippen LogP contribution in [0.5, 0.6) is 0 Å². The van der Waals surface area contributed by atoms with Gasteiger partial charge in [0.2, 0.25) is 0 Å². The monoisotopic (exact) mass is 397 g/mol. The van der Waals surface area contributed by atoms with Crippen LogP contribution in [0.2, 0.25) is 0 Å². The van der Waals surface area contributed by atoms with E-state index < -0.39 is 5.97 Å². The van der Waals surface area contributed by atoms with Gasteiger partial charge in [-0.1, -0.05) is 11.8 Å². The van der Waals surface area contributed by atoms with Gasteiger partial charge in [-0.15, -0.1) is 0 Å². The van der Waals surface area contributed by atoms with E-state index in [0.717, 1.165) is 16.8 Å². The van der Waals surface area contributed by atoms with Crippen molar-refractivity contribution >= 4 is 11.7 Å². The SMILES string of the molecule is COCCOCCOC[C@H](C)Nc1ccc(C#Cc2ccc(C(=O)O)cc2)cc1. The molecule has 6 nitrogen and oxygen atoms in total. The molecule has 0 saturated carbocycles. The van der Waals surface area contributed by atoms with E-state index in [1.54, 1.807) is 31.4 Å². The average Bonchev–Trinajstić information content (AvgIpc) is 2.73. The second kappa shape index (κ2) is 12.6. The number of rotatable bonds is 11. The van der Waals surface area contributed by atoms with E-state index in [4.69, 9.17) is 19.3 Å². The Balaban J connectivity index is 1.75. The van der Waals surface area contributed by atoms with Crippen LogP contribution in [0.25, 0.3) is 0 Å². The van der Waals surface area contributed by atoms with Crippen LogP contribution in [0.1, 0.15) is 28.4 Å². The molecule has 29 heavy (non-hydrogen) atoms. The molecule has 0 aromatic heterocycles. The summed E-state index contributed by atoms with van der Waals surface area (Å²) in [5.74, 6) is 5.18. The Morgan fingerprint density at radius 2 is 1.48 bits per heavy atom. The Morgan fingerprint density at radius 1 is 0.931 bits per heavy atom. The number of aromatic carboxylic acids is 1. The summed E-state index contributed by atoms with van der Waals surface area (Å²) in [6.07, 6.45) is 0. The van der Waals surface area contributed by atoms with Crippen molar-refractivity contribution in [3.05, 3.63) is 65.2 Å². The highest BCUT2D eigenvalue weighted by molar-refractivity contribution is 5.87. The molecule has 2 N–H and O–H groups in total. The van der Waals surface area contributed by atoms with Gasteiger partial charge in [0.25, 0.3) is 0 Å². The Hall–Kier alpha value is -2.85. The summed E-state index contributed by atoms with van der Waals surface area (Å²) < 4.78 is 15.9. The van der Waals surface area contributed by atoms with Gasteiger partial charge in [-0.3, -0.25) is 0 Å². The summed E-state index contributed by atoms with van der Waals surface area (Å²) in [4.78, 5) is 10.9. The van der Waals surface area contributed by atoms with Crippen molar-refractivity contribution in [3.63, 3.8) is 0 Å². The molecule has 0 heterocycles. The number of nitrogens with one attached hydrogen (secondary N) is 1. The topological polar surface area (TPSA) is 77.0 Å². The maximum Gasteiger partial charge on any atom is 0.335 e. The number of ether oxygens (including phenoxy) is 3. The molecule has 0 amide bonds. The lowest BCUT2D eigenvalue weighted by Crippen LogP contribution is -2.23. The molecule has 154 valence electrons. The number of carboxylic acid groups (broad SMARTS) is 1. The highest BCUT2D eigenvalue weighted by Gasteiger charge is 2.03. The summed E-state index contributed by atoms with van der Waals surface area (Å²) >= 11 is 0. The molecule has 2 aromatic rings. The molecule has 0 unspecified atom stereocenters. The molecule has 0 radical (unpaired) electrons. The molecule has 0 spiro atoms. The van der Waals surface area contributed by atoms with Crippen molar-refractivity contribution in [3.8, 4) is 11.8 Å². The summed E-state index contributed by atoms with van der Waals surface area (Å²) in [5, 5.41) is 12.3. The third kappa shape index (κ3) is 8.79. The summed E-state index contributed by atoms with van der Waals surface area (Å²) in [7, 11) is 1.65. The van der Waals surface area contributed by atoms with Crippen LogP contribution in [0.3, 0.4) is 0 Å². The van der Waals surface area contributed by atoms with Gasteiger partial charge in [0.1, 0.15) is 0 Å². The first-order chi connectivity index (χ1) is 14.1. The van der Waals surface area contributed by atoms with Crippen LogP contribution in [-0.4, -0.2) is 57.3 Å². The number of methoxy groups -OCH3 is 1. The molecule has 6 heteroatoms. The van der Waals surface area contributed by atoms with Crippen molar-refractivity contribution < 1.29 is 24.1 Å². The van der Waals surface area contributed by atoms with E-state index in [0.29, 0.717) is 33.0 Å². The van der Waals surface area contributed by atoms with Gasteiger partial charge in [0.15, 0.2) is 0 Å². The lowest BCUT2D eigenvalue weighted by Gasteiger charge is -2.15. The Morgan fingerprint density at radius 3 is 2.07 bits per heavy atom. The smallest absolute Gasteiger partial charge is 0.335 e. The fourth-order valence-corrected chi connectivity index (χ4v) is 2.44. The van der Waals surface area contributed by atoms with Crippen LogP contribution in [0.4, 0.5) is 5.69 Å². The minimum absolute atomic E-state index is 0.165. The van der Waals surface area contributed by atoms with E-state index in [1.165, 1.54) is 0 Å². The standard InChI is InChI=1S/C23H27NO5/c1-18(17-29-16-15-28-14-13-27-2)24-22-11-7-20(8-12-22)4-3-19-5-9-21(10-6-19)23(25)26/h5-12,18,24H,13-17H2,1-2H3,(H,25,26)/t18-/m0/s1. The fourth-order valence-electron chi connectivity index (χ4n) is 2.44. The Labute approximate surface area is 171 Å². The van der Waals surface area contributed by atoms with Crippen molar-refractivity contribution in [1.29, 1.82) is 0 Å². The van der Waals surface area contributed by atoms with E-state index in [1.807, 2.05) is 24.3 Å². The number of benzene rings is 2. The lowest BCUT2D eigenvalue weighted by molar-refractivity contribution is 0.0235. The van der Waals surface area contributed by atoms with Crippen LogP contribution in [-0.2, 0) is 14.2 Å². The molecule has 2 aromatic carbocycles. The van der Waals surface area contributed by atoms with Crippen LogP contribution >= 0.6 is 0 Å². The van der Waals surface area contributed by atoms with Crippen molar-refractivity contribution in [2.75, 3.05) is 45.5 Å². The number of hydrogen-bond acceptors (Lipinski definition) is 5. The highest BCUT2D eigenvalue weighted by atomic mass is 16.5. The normalized spacial score (nSPS) is 11.4. The molecule has 0 fully saturated rings. The van der Waals surface area contributed by atoms with Gasteiger partial charge in [0, 0.05) is 30.0 Å². The van der Waals surface area contributed by atoms with Gasteiger partial charge in [-0.2, -0.15) is 0 Å². The van der Waals surface area contributed by atoms with Gasteiger partial charge in [-0.25, -0.2) is 4.79 Å². The quantitative estimate of drug-likeness (QED) is 0.448. The van der Waals surface area contributed by atoms with Gasteiger partial charge < -0.3 is 24.6 Å². The summed E-state index contributed by atoms with van der Waals surface area (Å²) in [6, 6.07) is 14.5. The second-order valence-electron chi connectivity index (χ2n) is 6.44. The molecule has 0 aliphatic rings. The molecular formula is C23H27NO5. The third-order valence-electron chi connectivity index (χ3n) is 3.95. The number of anilines is 1. The van der Waals surface area contributed by atoms with Crippen LogP contribution < -0.4 is 5.32 Å². The molecular weight excluding hydrogens is 370 g/mol. The zero-order chi connectivity index (χ0) is 20.9. The van der Waals surface area contributed by atoms with Crippen molar-refractivity contribution in [2.45, 2.75) is 13.0 Å². The number of hydrogen-bond donors (Lipinski definition) is 2. The maximum absolute atomic E-state index is 10.9. The van der Waals surface area contributed by atoms with Crippen LogP contribution in [0.15, 0.2) is 48.5 Å². The molecule has 0 bridgehead atoms. The van der Waals surface area contributed by atoms with Crippen LogP contribution in [0, 0.1) is 11.8 Å². The first kappa shape index (κ1) is 22.4. The summed E-state index contributed by atoms with van der Waals surface area (Å²) in [5.41, 5.74) is 2.90. The van der Waals surface area contributed by atoms with Crippen molar-refractivity contribution in [1.82, 2.24) is 0 Å². The predicted molar refractivity (Wildman–Crippen MR) is 112 cm³/mol. The van der Waals surface area contributed by atoms with Gasteiger partial charge in [0.05, 0.1) is 38.6 Å². The van der Waals surface area contributed by atoms with Crippen molar-refractivity contribution in [2.24, 2.45) is 0 Å². The second-order valence-corrected chi connectivity index (χ2v) is 6.44. The van der Waals surface area contributed by atoms with E-state index in [-0.39, 0.29) is 11.6 Å². The molecule has 0 aliphatic carbocycles. The first-order valence-electron chi connectivity index (χ1n) is 9.45. The molecule has 2 rings (SSSR count). The highest BCUT2D eigenvalue weighted by Crippen LogP contribution is 2.11. The number of carboxylic acids is 1. The minimum atomic E-state index is -0.942. The van der Waals surface area contributed by atoms with E-state index in [2.05, 4.69) is 24.1 Å². The molecule has 1 atom stereocenters. The lowest BCUT2D eigenvalue weighted by atomic mass is 10.1. The molecule has 0 saturated heterocycles. The predicted octanol–water partition coefficient (Wildman–Crippen LogP) is 3.26. The average molecular weight is 397 g/mol. The maximum atomic E-state index is 10.9. The zero-order valence-electron chi connectivity index (χ0n) is 16.8.